The second-order valence-electron chi connectivity index (χ2n) is 4.78. The van der Waals surface area contributed by atoms with Crippen molar-refractivity contribution in [2.75, 3.05) is 0 Å². The van der Waals surface area contributed by atoms with Crippen LogP contribution in [0.2, 0.25) is 5.15 Å². The smallest absolute Gasteiger partial charge is 0.180 e. The topological polar surface area (TPSA) is 56.0 Å². The number of halogens is 1. The molecule has 0 aliphatic heterocycles. The molecule has 0 aliphatic rings. The van der Waals surface area contributed by atoms with E-state index >= 15 is 0 Å². The number of aryl methyl sites for hydroxylation is 1. The van der Waals surface area contributed by atoms with Crippen LogP contribution in [0.1, 0.15) is 5.69 Å². The molecule has 0 radical (unpaired) electrons. The van der Waals surface area contributed by atoms with E-state index in [-0.39, 0.29) is 0 Å². The van der Waals surface area contributed by atoms with Gasteiger partial charge in [0.15, 0.2) is 11.5 Å². The Hall–Kier alpha value is -2.53. The summed E-state index contributed by atoms with van der Waals surface area (Å²) >= 11 is 6.25. The number of hydrogen-bond donors (Lipinski definition) is 0. The summed E-state index contributed by atoms with van der Waals surface area (Å²) in [5.74, 6) is 0.694. The molecular weight excluding hydrogens is 286 g/mol. The van der Waals surface area contributed by atoms with E-state index in [0.717, 1.165) is 22.2 Å². The Morgan fingerprint density at radius 3 is 2.86 bits per heavy atom. The van der Waals surface area contributed by atoms with Crippen molar-refractivity contribution >= 4 is 28.2 Å². The van der Waals surface area contributed by atoms with Crippen LogP contribution in [0.15, 0.2) is 42.7 Å². The average molecular weight is 296 g/mol. The lowest BCUT2D eigenvalue weighted by atomic mass is 10.1. The average Bonchev–Trinajstić information content (AvgIpc) is 2.91. The molecule has 0 atom stereocenters. The van der Waals surface area contributed by atoms with Gasteiger partial charge in [-0.1, -0.05) is 29.8 Å². The van der Waals surface area contributed by atoms with Crippen molar-refractivity contribution in [1.82, 2.24) is 24.6 Å². The first-order chi connectivity index (χ1) is 10.2. The Kier molecular flexibility index (Phi) is 2.62. The Morgan fingerprint density at radius 1 is 1.10 bits per heavy atom. The fourth-order valence-corrected chi connectivity index (χ4v) is 2.70. The van der Waals surface area contributed by atoms with E-state index in [9.17, 15) is 0 Å². The van der Waals surface area contributed by atoms with Gasteiger partial charge in [0.2, 0.25) is 0 Å². The van der Waals surface area contributed by atoms with E-state index in [1.165, 1.54) is 0 Å². The standard InChI is InChI=1S/C15H10ClN5/c1-9-6-11(10-4-2-3-5-12(10)18-9)15-20-19-14-8-17-7-13(16)21(14)15/h2-8H,1H3. The van der Waals surface area contributed by atoms with E-state index in [0.29, 0.717) is 16.6 Å². The Balaban J connectivity index is 2.14. The predicted octanol–water partition coefficient (Wildman–Crippen LogP) is 3.30. The third kappa shape index (κ3) is 1.86. The van der Waals surface area contributed by atoms with Crippen molar-refractivity contribution in [2.24, 2.45) is 0 Å². The highest BCUT2D eigenvalue weighted by Gasteiger charge is 2.14. The van der Waals surface area contributed by atoms with Crippen LogP contribution in [0.4, 0.5) is 0 Å². The number of fused-ring (bicyclic) bond motifs is 2. The molecule has 0 N–H and O–H groups in total. The number of nitrogens with zero attached hydrogens (tertiary/aromatic N) is 5. The lowest BCUT2D eigenvalue weighted by Crippen LogP contribution is -1.95. The molecule has 0 saturated heterocycles. The van der Waals surface area contributed by atoms with Crippen LogP contribution in [-0.2, 0) is 0 Å². The fraction of sp³-hybridized carbons (Fsp3) is 0.0667. The van der Waals surface area contributed by atoms with Gasteiger partial charge >= 0.3 is 0 Å². The largest absolute Gasteiger partial charge is 0.262 e. The molecule has 0 bridgehead atoms. The van der Waals surface area contributed by atoms with Crippen LogP contribution in [0.25, 0.3) is 27.9 Å². The molecule has 4 rings (SSSR count). The van der Waals surface area contributed by atoms with Gasteiger partial charge in [0.25, 0.3) is 0 Å². The zero-order valence-corrected chi connectivity index (χ0v) is 11.9. The fourth-order valence-electron chi connectivity index (χ4n) is 2.48. The van der Waals surface area contributed by atoms with E-state index in [2.05, 4.69) is 20.2 Å². The molecule has 6 heteroatoms. The zero-order chi connectivity index (χ0) is 14.4. The van der Waals surface area contributed by atoms with Crippen LogP contribution in [0.5, 0.6) is 0 Å². The summed E-state index contributed by atoms with van der Waals surface area (Å²) in [6, 6.07) is 9.95. The van der Waals surface area contributed by atoms with Gasteiger partial charge in [0.05, 0.1) is 17.9 Å². The molecular formula is C15H10ClN5. The van der Waals surface area contributed by atoms with Gasteiger partial charge in [0, 0.05) is 16.6 Å². The monoisotopic (exact) mass is 295 g/mol. The maximum Gasteiger partial charge on any atom is 0.180 e. The van der Waals surface area contributed by atoms with E-state index < -0.39 is 0 Å². The van der Waals surface area contributed by atoms with Gasteiger partial charge in [-0.15, -0.1) is 10.2 Å². The molecule has 4 aromatic rings. The van der Waals surface area contributed by atoms with Gasteiger partial charge in [-0.3, -0.25) is 14.4 Å². The van der Waals surface area contributed by atoms with Gasteiger partial charge in [-0.25, -0.2) is 0 Å². The van der Waals surface area contributed by atoms with Crippen LogP contribution in [0, 0.1) is 6.92 Å². The van der Waals surface area contributed by atoms with Gasteiger partial charge in [-0.2, -0.15) is 0 Å². The van der Waals surface area contributed by atoms with Crippen molar-refractivity contribution in [2.45, 2.75) is 6.92 Å². The quantitative estimate of drug-likeness (QED) is 0.540. The summed E-state index contributed by atoms with van der Waals surface area (Å²) in [6.45, 7) is 1.96. The minimum Gasteiger partial charge on any atom is -0.262 e. The third-order valence-corrected chi connectivity index (χ3v) is 3.62. The van der Waals surface area contributed by atoms with Crippen molar-refractivity contribution < 1.29 is 0 Å². The van der Waals surface area contributed by atoms with E-state index in [1.54, 1.807) is 16.8 Å². The van der Waals surface area contributed by atoms with Crippen molar-refractivity contribution in [3.8, 4) is 11.4 Å². The Morgan fingerprint density at radius 2 is 1.95 bits per heavy atom. The summed E-state index contributed by atoms with van der Waals surface area (Å²) < 4.78 is 1.79. The SMILES string of the molecule is Cc1cc(-c2nnc3cncc(Cl)n23)c2ccccc2n1. The Bertz CT molecular complexity index is 976. The molecule has 3 aromatic heterocycles. The van der Waals surface area contributed by atoms with Gasteiger partial charge in [0.1, 0.15) is 5.15 Å². The van der Waals surface area contributed by atoms with E-state index in [4.69, 9.17) is 11.6 Å². The lowest BCUT2D eigenvalue weighted by molar-refractivity contribution is 1.11. The van der Waals surface area contributed by atoms with Gasteiger partial charge in [-0.05, 0) is 19.1 Å². The predicted molar refractivity (Wildman–Crippen MR) is 81.3 cm³/mol. The van der Waals surface area contributed by atoms with E-state index in [1.807, 2.05) is 37.3 Å². The number of hydrogen-bond acceptors (Lipinski definition) is 4. The number of aromatic nitrogens is 5. The van der Waals surface area contributed by atoms with Crippen LogP contribution >= 0.6 is 11.6 Å². The van der Waals surface area contributed by atoms with Crippen molar-refractivity contribution in [3.63, 3.8) is 0 Å². The molecule has 0 unspecified atom stereocenters. The van der Waals surface area contributed by atoms with Crippen molar-refractivity contribution in [1.29, 1.82) is 0 Å². The molecule has 102 valence electrons. The minimum atomic E-state index is 0.478. The second-order valence-corrected chi connectivity index (χ2v) is 5.16. The molecule has 0 saturated carbocycles. The third-order valence-electron chi connectivity index (χ3n) is 3.36. The molecule has 1 aromatic carbocycles. The Labute approximate surface area is 125 Å². The summed E-state index contributed by atoms with van der Waals surface area (Å²) in [7, 11) is 0. The number of rotatable bonds is 1. The second kappa shape index (κ2) is 4.49. The molecule has 0 aliphatic carbocycles. The molecule has 3 heterocycles. The highest BCUT2D eigenvalue weighted by molar-refractivity contribution is 6.29. The molecule has 0 fully saturated rings. The first-order valence-corrected chi connectivity index (χ1v) is 6.83. The number of pyridine rings is 1. The number of para-hydroxylation sites is 1. The normalized spacial score (nSPS) is 11.3. The van der Waals surface area contributed by atoms with Gasteiger partial charge < -0.3 is 0 Å². The molecule has 0 spiro atoms. The number of benzene rings is 1. The first kappa shape index (κ1) is 12.2. The summed E-state index contributed by atoms with van der Waals surface area (Å²) in [4.78, 5) is 8.58. The highest BCUT2D eigenvalue weighted by atomic mass is 35.5. The first-order valence-electron chi connectivity index (χ1n) is 6.45. The summed E-state index contributed by atoms with van der Waals surface area (Å²) in [5.41, 5.74) is 3.43. The maximum absolute atomic E-state index is 6.25. The maximum atomic E-state index is 6.25. The van der Waals surface area contributed by atoms with Crippen LogP contribution < -0.4 is 0 Å². The summed E-state index contributed by atoms with van der Waals surface area (Å²) in [6.07, 6.45) is 3.22. The lowest BCUT2D eigenvalue weighted by Gasteiger charge is -2.07. The van der Waals surface area contributed by atoms with Crippen molar-refractivity contribution in [3.05, 3.63) is 53.6 Å². The zero-order valence-electron chi connectivity index (χ0n) is 11.2. The minimum absolute atomic E-state index is 0.478. The molecule has 21 heavy (non-hydrogen) atoms. The molecule has 5 nitrogen and oxygen atoms in total. The molecule has 0 amide bonds. The van der Waals surface area contributed by atoms with Crippen LogP contribution in [-0.4, -0.2) is 24.6 Å². The summed E-state index contributed by atoms with van der Waals surface area (Å²) in [5, 5.41) is 9.91. The highest BCUT2D eigenvalue weighted by Crippen LogP contribution is 2.28. The van der Waals surface area contributed by atoms with Crippen LogP contribution in [0.3, 0.4) is 0 Å².